The third-order valence-corrected chi connectivity index (χ3v) is 4.24. The minimum atomic E-state index is 0.279. The fourth-order valence-electron chi connectivity index (χ4n) is 2.58. The van der Waals surface area contributed by atoms with E-state index < -0.39 is 0 Å². The van der Waals surface area contributed by atoms with Gasteiger partial charge < -0.3 is 4.42 Å². The largest absolute Gasteiger partial charge is 0.436 e. The van der Waals surface area contributed by atoms with Gasteiger partial charge in [-0.15, -0.1) is 0 Å². The summed E-state index contributed by atoms with van der Waals surface area (Å²) >= 11 is 3.45. The normalized spacial score (nSPS) is 11.1. The van der Waals surface area contributed by atoms with Crippen molar-refractivity contribution in [2.45, 2.75) is 26.2 Å². The number of aryl methyl sites for hydroxylation is 1. The van der Waals surface area contributed by atoms with Crippen molar-refractivity contribution in [2.24, 2.45) is 0 Å². The Hall–Kier alpha value is -2.12. The molecule has 0 saturated heterocycles. The third kappa shape index (κ3) is 3.16. The summed E-state index contributed by atoms with van der Waals surface area (Å²) in [4.78, 5) is 8.13. The maximum absolute atomic E-state index is 7.25. The van der Waals surface area contributed by atoms with Crippen LogP contribution in [0.4, 0.5) is 5.69 Å². The first-order valence-electron chi connectivity index (χ1n) is 7.59. The highest BCUT2D eigenvalue weighted by Crippen LogP contribution is 2.33. The lowest BCUT2D eigenvalue weighted by molar-refractivity contribution is 0.611. The van der Waals surface area contributed by atoms with E-state index in [1.807, 2.05) is 18.2 Å². The monoisotopic (exact) mass is 368 g/mol. The Balaban J connectivity index is 2.09. The summed E-state index contributed by atoms with van der Waals surface area (Å²) in [6.07, 6.45) is 1.000. The highest BCUT2D eigenvalue weighted by Gasteiger charge is 2.15. The van der Waals surface area contributed by atoms with E-state index >= 15 is 0 Å². The number of oxazole rings is 1. The van der Waals surface area contributed by atoms with Gasteiger partial charge in [-0.25, -0.2) is 9.83 Å². The number of hydrogen-bond acceptors (Lipinski definition) is 2. The van der Waals surface area contributed by atoms with Gasteiger partial charge >= 0.3 is 0 Å². The maximum atomic E-state index is 7.25. The molecule has 0 fully saturated rings. The summed E-state index contributed by atoms with van der Waals surface area (Å²) in [7, 11) is 0. The van der Waals surface area contributed by atoms with Crippen LogP contribution in [0.5, 0.6) is 0 Å². The zero-order chi connectivity index (χ0) is 16.4. The molecule has 0 atom stereocenters. The van der Waals surface area contributed by atoms with Crippen molar-refractivity contribution in [2.75, 3.05) is 5.33 Å². The fraction of sp³-hybridized carbons (Fsp3) is 0.263. The predicted octanol–water partition coefficient (Wildman–Crippen LogP) is 6.11. The Morgan fingerprint density at radius 1 is 1.22 bits per heavy atom. The molecule has 0 saturated carbocycles. The molecule has 0 bridgehead atoms. The number of fused-ring (bicyclic) bond motifs is 1. The van der Waals surface area contributed by atoms with Crippen LogP contribution >= 0.6 is 15.9 Å². The van der Waals surface area contributed by atoms with E-state index in [0.717, 1.165) is 34.0 Å². The smallest absolute Gasteiger partial charge is 0.227 e. The lowest BCUT2D eigenvalue weighted by Crippen LogP contribution is -1.87. The van der Waals surface area contributed by atoms with Crippen LogP contribution in [-0.2, 0) is 6.42 Å². The molecule has 1 heterocycles. The van der Waals surface area contributed by atoms with E-state index in [-0.39, 0.29) is 5.92 Å². The quantitative estimate of drug-likeness (QED) is 0.411. The summed E-state index contributed by atoms with van der Waals surface area (Å²) in [5.74, 6) is 0.885. The minimum absolute atomic E-state index is 0.279. The molecular weight excluding hydrogens is 352 g/mol. The molecule has 23 heavy (non-hydrogen) atoms. The highest BCUT2D eigenvalue weighted by molar-refractivity contribution is 9.09. The second-order valence-electron chi connectivity index (χ2n) is 5.80. The molecule has 0 N–H and O–H groups in total. The fourth-order valence-corrected chi connectivity index (χ4v) is 3.04. The highest BCUT2D eigenvalue weighted by atomic mass is 79.9. The minimum Gasteiger partial charge on any atom is -0.436 e. The van der Waals surface area contributed by atoms with Crippen molar-refractivity contribution in [3.8, 4) is 11.5 Å². The van der Waals surface area contributed by atoms with Crippen molar-refractivity contribution in [3.05, 3.63) is 58.9 Å². The van der Waals surface area contributed by atoms with E-state index in [2.05, 4.69) is 51.7 Å². The molecule has 116 valence electrons. The van der Waals surface area contributed by atoms with Gasteiger partial charge in [0.2, 0.25) is 5.89 Å². The molecule has 0 amide bonds. The SMILES string of the molecule is [C-]#[N+]c1cc(C(C)C)c2oc(-c3ccc(CCBr)cc3)nc2c1. The van der Waals surface area contributed by atoms with Gasteiger partial charge in [-0.3, -0.25) is 0 Å². The molecule has 3 aromatic rings. The lowest BCUT2D eigenvalue weighted by atomic mass is 10.0. The van der Waals surface area contributed by atoms with Crippen molar-refractivity contribution < 1.29 is 4.42 Å². The van der Waals surface area contributed by atoms with Crippen LogP contribution < -0.4 is 0 Å². The van der Waals surface area contributed by atoms with E-state index in [1.165, 1.54) is 5.56 Å². The molecule has 0 aliphatic heterocycles. The van der Waals surface area contributed by atoms with Crippen LogP contribution in [0.1, 0.15) is 30.9 Å². The molecule has 4 heteroatoms. The Labute approximate surface area is 144 Å². The molecule has 0 radical (unpaired) electrons. The van der Waals surface area contributed by atoms with E-state index in [9.17, 15) is 0 Å². The van der Waals surface area contributed by atoms with Gasteiger partial charge in [0.1, 0.15) is 0 Å². The zero-order valence-electron chi connectivity index (χ0n) is 13.1. The van der Waals surface area contributed by atoms with Gasteiger partial charge in [0.15, 0.2) is 11.3 Å². The second kappa shape index (κ2) is 6.55. The van der Waals surface area contributed by atoms with Gasteiger partial charge in [0.05, 0.1) is 12.1 Å². The predicted molar refractivity (Wildman–Crippen MR) is 97.3 cm³/mol. The number of aromatic nitrogens is 1. The van der Waals surface area contributed by atoms with Gasteiger partial charge in [0.25, 0.3) is 0 Å². The Kier molecular flexibility index (Phi) is 4.49. The molecule has 0 unspecified atom stereocenters. The second-order valence-corrected chi connectivity index (χ2v) is 6.60. The van der Waals surface area contributed by atoms with Gasteiger partial charge in [-0.2, -0.15) is 0 Å². The summed E-state index contributed by atoms with van der Waals surface area (Å²) in [5, 5.41) is 0.951. The molecule has 1 aromatic heterocycles. The molecule has 3 nitrogen and oxygen atoms in total. The van der Waals surface area contributed by atoms with Gasteiger partial charge in [-0.1, -0.05) is 41.9 Å². The zero-order valence-corrected chi connectivity index (χ0v) is 14.7. The van der Waals surface area contributed by atoms with Crippen molar-refractivity contribution in [1.82, 2.24) is 4.98 Å². The van der Waals surface area contributed by atoms with Crippen LogP contribution in [0.3, 0.4) is 0 Å². The van der Waals surface area contributed by atoms with Crippen LogP contribution in [0.2, 0.25) is 0 Å². The molecule has 0 aliphatic rings. The topological polar surface area (TPSA) is 30.4 Å². The first-order valence-corrected chi connectivity index (χ1v) is 8.71. The maximum Gasteiger partial charge on any atom is 0.227 e. The van der Waals surface area contributed by atoms with Gasteiger partial charge in [-0.05, 0) is 47.7 Å². The molecule has 3 rings (SSSR count). The standard InChI is InChI=1S/C19H17BrN2O/c1-12(2)16-10-15(21-3)11-17-18(16)23-19(22-17)14-6-4-13(5-7-14)8-9-20/h4-7,10-12H,8-9H2,1-2H3. The van der Waals surface area contributed by atoms with Crippen molar-refractivity contribution in [1.29, 1.82) is 0 Å². The molecule has 0 aliphatic carbocycles. The van der Waals surface area contributed by atoms with Crippen molar-refractivity contribution in [3.63, 3.8) is 0 Å². The average Bonchev–Trinajstić information content (AvgIpc) is 2.98. The number of nitrogens with zero attached hydrogens (tertiary/aromatic N) is 2. The Bertz CT molecular complexity index is 873. The molecule has 2 aromatic carbocycles. The third-order valence-electron chi connectivity index (χ3n) is 3.84. The summed E-state index contributed by atoms with van der Waals surface area (Å²) in [5.41, 5.74) is 5.41. The number of halogens is 1. The summed E-state index contributed by atoms with van der Waals surface area (Å²) in [6, 6.07) is 12.0. The average molecular weight is 369 g/mol. The van der Waals surface area contributed by atoms with Gasteiger partial charge in [0, 0.05) is 10.9 Å². The Morgan fingerprint density at radius 2 is 1.96 bits per heavy atom. The van der Waals surface area contributed by atoms with Crippen molar-refractivity contribution >= 4 is 32.7 Å². The summed E-state index contributed by atoms with van der Waals surface area (Å²) < 4.78 is 6.02. The van der Waals surface area contributed by atoms with Crippen LogP contribution in [-0.4, -0.2) is 10.3 Å². The molecule has 0 spiro atoms. The van der Waals surface area contributed by atoms with Crippen LogP contribution in [0.25, 0.3) is 27.4 Å². The number of hydrogen-bond donors (Lipinski definition) is 0. The van der Waals surface area contributed by atoms with E-state index in [0.29, 0.717) is 11.6 Å². The Morgan fingerprint density at radius 3 is 2.57 bits per heavy atom. The number of rotatable bonds is 4. The first kappa shape index (κ1) is 15.8. The summed E-state index contributed by atoms with van der Waals surface area (Å²) in [6.45, 7) is 11.4. The van der Waals surface area contributed by atoms with Crippen LogP contribution in [0.15, 0.2) is 40.8 Å². The van der Waals surface area contributed by atoms with E-state index in [1.54, 1.807) is 6.07 Å². The lowest BCUT2D eigenvalue weighted by Gasteiger charge is -2.05. The first-order chi connectivity index (χ1) is 11.1. The van der Waals surface area contributed by atoms with Crippen LogP contribution in [0, 0.1) is 6.57 Å². The molecular formula is C19H17BrN2O. The number of alkyl halides is 1. The van der Waals surface area contributed by atoms with E-state index in [4.69, 9.17) is 11.0 Å². The number of benzene rings is 2.